The van der Waals surface area contributed by atoms with Gasteiger partial charge in [0, 0.05) is 23.5 Å². The Balaban J connectivity index is 1.98. The summed E-state index contributed by atoms with van der Waals surface area (Å²) in [5, 5.41) is 3.67. The minimum Gasteiger partial charge on any atom is -0.350 e. The number of nitrogens with one attached hydrogen (secondary N) is 1. The fourth-order valence-corrected chi connectivity index (χ4v) is 4.03. The lowest BCUT2D eigenvalue weighted by molar-refractivity contribution is -0.141. The lowest BCUT2D eigenvalue weighted by Crippen LogP contribution is -2.54. The lowest BCUT2D eigenvalue weighted by Gasteiger charge is -2.34. The second-order valence-electron chi connectivity index (χ2n) is 9.76. The van der Waals surface area contributed by atoms with E-state index in [1.165, 1.54) is 0 Å². The molecule has 3 aromatic carbocycles. The molecular formula is C29H33ClN2O2. The van der Waals surface area contributed by atoms with Gasteiger partial charge in [0.15, 0.2) is 0 Å². The van der Waals surface area contributed by atoms with Crippen LogP contribution < -0.4 is 5.32 Å². The number of carbonyl (C=O) groups excluding carboxylic acids is 2. The molecule has 0 aliphatic heterocycles. The SMILES string of the molecule is Cc1ccc(CN(C(=O)Cc2cccc(Cl)c2)C(Cc2ccccc2)C(=O)NC(C)(C)C)cc1. The molecule has 2 amide bonds. The molecule has 0 saturated carbocycles. The first kappa shape index (κ1) is 25.5. The fraction of sp³-hybridized carbons (Fsp3) is 0.310. The van der Waals surface area contributed by atoms with Gasteiger partial charge < -0.3 is 10.2 Å². The molecule has 0 bridgehead atoms. The van der Waals surface area contributed by atoms with Crippen LogP contribution in [0, 0.1) is 6.92 Å². The number of aryl methyl sites for hydroxylation is 1. The Morgan fingerprint density at radius 2 is 1.53 bits per heavy atom. The van der Waals surface area contributed by atoms with Crippen LogP contribution in [-0.2, 0) is 29.0 Å². The van der Waals surface area contributed by atoms with Crippen LogP contribution >= 0.6 is 11.6 Å². The van der Waals surface area contributed by atoms with Gasteiger partial charge in [0.1, 0.15) is 6.04 Å². The molecule has 4 nitrogen and oxygen atoms in total. The third-order valence-electron chi connectivity index (χ3n) is 5.49. The van der Waals surface area contributed by atoms with Gasteiger partial charge in [-0.15, -0.1) is 0 Å². The van der Waals surface area contributed by atoms with E-state index in [0.29, 0.717) is 18.0 Å². The average Bonchev–Trinajstić information content (AvgIpc) is 2.77. The van der Waals surface area contributed by atoms with E-state index in [4.69, 9.17) is 11.6 Å². The van der Waals surface area contributed by atoms with Gasteiger partial charge in [-0.3, -0.25) is 9.59 Å². The van der Waals surface area contributed by atoms with E-state index in [9.17, 15) is 9.59 Å². The zero-order valence-corrected chi connectivity index (χ0v) is 21.1. The van der Waals surface area contributed by atoms with Gasteiger partial charge in [0.05, 0.1) is 6.42 Å². The zero-order valence-electron chi connectivity index (χ0n) is 20.3. The number of rotatable bonds is 8. The molecule has 5 heteroatoms. The smallest absolute Gasteiger partial charge is 0.243 e. The highest BCUT2D eigenvalue weighted by atomic mass is 35.5. The van der Waals surface area contributed by atoms with Gasteiger partial charge in [-0.25, -0.2) is 0 Å². The summed E-state index contributed by atoms with van der Waals surface area (Å²) in [5.74, 6) is -0.282. The van der Waals surface area contributed by atoms with Crippen LogP contribution in [0.3, 0.4) is 0 Å². The summed E-state index contributed by atoms with van der Waals surface area (Å²) in [5.41, 5.74) is 3.53. The van der Waals surface area contributed by atoms with E-state index in [-0.39, 0.29) is 18.2 Å². The molecule has 0 spiro atoms. The van der Waals surface area contributed by atoms with Gasteiger partial charge in [0.2, 0.25) is 11.8 Å². The number of carbonyl (C=O) groups is 2. The van der Waals surface area contributed by atoms with E-state index in [0.717, 1.165) is 22.3 Å². The van der Waals surface area contributed by atoms with Crippen molar-refractivity contribution in [1.29, 1.82) is 0 Å². The van der Waals surface area contributed by atoms with Crippen LogP contribution in [0.15, 0.2) is 78.9 Å². The molecule has 0 fully saturated rings. The van der Waals surface area contributed by atoms with Gasteiger partial charge >= 0.3 is 0 Å². The highest BCUT2D eigenvalue weighted by Gasteiger charge is 2.32. The number of benzene rings is 3. The molecule has 1 unspecified atom stereocenters. The normalized spacial score (nSPS) is 12.1. The van der Waals surface area contributed by atoms with Crippen molar-refractivity contribution < 1.29 is 9.59 Å². The molecule has 3 aromatic rings. The first-order valence-electron chi connectivity index (χ1n) is 11.6. The van der Waals surface area contributed by atoms with Crippen LogP contribution in [0.1, 0.15) is 43.0 Å². The van der Waals surface area contributed by atoms with Crippen molar-refractivity contribution in [3.8, 4) is 0 Å². The number of hydrogen-bond acceptors (Lipinski definition) is 2. The molecule has 34 heavy (non-hydrogen) atoms. The zero-order chi connectivity index (χ0) is 24.7. The first-order valence-corrected chi connectivity index (χ1v) is 11.9. The predicted molar refractivity (Wildman–Crippen MR) is 139 cm³/mol. The molecule has 178 valence electrons. The Kier molecular flexibility index (Phi) is 8.51. The first-order chi connectivity index (χ1) is 16.1. The van der Waals surface area contributed by atoms with Gasteiger partial charge in [-0.1, -0.05) is 83.9 Å². The Hall–Kier alpha value is -3.11. The topological polar surface area (TPSA) is 49.4 Å². The summed E-state index contributed by atoms with van der Waals surface area (Å²) in [4.78, 5) is 28.9. The summed E-state index contributed by atoms with van der Waals surface area (Å²) < 4.78 is 0. The molecule has 0 radical (unpaired) electrons. The monoisotopic (exact) mass is 476 g/mol. The second kappa shape index (κ2) is 11.3. The molecule has 0 heterocycles. The van der Waals surface area contributed by atoms with E-state index >= 15 is 0 Å². The van der Waals surface area contributed by atoms with Crippen molar-refractivity contribution in [2.45, 2.75) is 58.7 Å². The Morgan fingerprint density at radius 3 is 2.15 bits per heavy atom. The van der Waals surface area contributed by atoms with Crippen molar-refractivity contribution in [3.05, 3.63) is 106 Å². The Labute approximate surface area is 207 Å². The Bertz CT molecular complexity index is 1100. The quantitative estimate of drug-likeness (QED) is 0.450. The fourth-order valence-electron chi connectivity index (χ4n) is 3.82. The van der Waals surface area contributed by atoms with Crippen LogP contribution in [0.4, 0.5) is 0 Å². The molecule has 0 aliphatic carbocycles. The number of amides is 2. The second-order valence-corrected chi connectivity index (χ2v) is 10.2. The Morgan fingerprint density at radius 1 is 0.882 bits per heavy atom. The lowest BCUT2D eigenvalue weighted by atomic mass is 9.99. The van der Waals surface area contributed by atoms with E-state index in [1.807, 2.05) is 94.4 Å². The largest absolute Gasteiger partial charge is 0.350 e. The maximum Gasteiger partial charge on any atom is 0.243 e. The molecule has 0 aromatic heterocycles. The molecule has 0 aliphatic rings. The third kappa shape index (κ3) is 7.74. The predicted octanol–water partition coefficient (Wildman–Crippen LogP) is 5.75. The maximum absolute atomic E-state index is 13.7. The van der Waals surface area contributed by atoms with Crippen LogP contribution in [0.25, 0.3) is 0 Å². The number of hydrogen-bond donors (Lipinski definition) is 1. The van der Waals surface area contributed by atoms with Crippen LogP contribution in [-0.4, -0.2) is 28.3 Å². The molecule has 3 rings (SSSR count). The van der Waals surface area contributed by atoms with Crippen LogP contribution in [0.5, 0.6) is 0 Å². The summed E-state index contributed by atoms with van der Waals surface area (Å²) in [6.07, 6.45) is 0.594. The molecule has 0 saturated heterocycles. The van der Waals surface area contributed by atoms with Gasteiger partial charge in [-0.2, -0.15) is 0 Å². The van der Waals surface area contributed by atoms with Crippen molar-refractivity contribution in [2.75, 3.05) is 0 Å². The van der Waals surface area contributed by atoms with Crippen molar-refractivity contribution in [2.24, 2.45) is 0 Å². The van der Waals surface area contributed by atoms with Crippen LogP contribution in [0.2, 0.25) is 5.02 Å². The molecular weight excluding hydrogens is 444 g/mol. The maximum atomic E-state index is 13.7. The summed E-state index contributed by atoms with van der Waals surface area (Å²) >= 11 is 6.16. The molecule has 1 atom stereocenters. The van der Waals surface area contributed by atoms with E-state index < -0.39 is 11.6 Å². The minimum absolute atomic E-state index is 0.118. The highest BCUT2D eigenvalue weighted by molar-refractivity contribution is 6.30. The van der Waals surface area contributed by atoms with Gasteiger partial charge in [-0.05, 0) is 56.5 Å². The third-order valence-corrected chi connectivity index (χ3v) is 5.72. The van der Waals surface area contributed by atoms with E-state index in [1.54, 1.807) is 17.0 Å². The van der Waals surface area contributed by atoms with Crippen molar-refractivity contribution in [1.82, 2.24) is 10.2 Å². The summed E-state index contributed by atoms with van der Waals surface area (Å²) in [6.45, 7) is 8.21. The highest BCUT2D eigenvalue weighted by Crippen LogP contribution is 2.19. The summed E-state index contributed by atoms with van der Waals surface area (Å²) in [7, 11) is 0. The van der Waals surface area contributed by atoms with E-state index in [2.05, 4.69) is 5.32 Å². The van der Waals surface area contributed by atoms with Crippen molar-refractivity contribution in [3.63, 3.8) is 0 Å². The van der Waals surface area contributed by atoms with Gasteiger partial charge in [0.25, 0.3) is 0 Å². The summed E-state index contributed by atoms with van der Waals surface area (Å²) in [6, 6.07) is 24.5. The molecule has 1 N–H and O–H groups in total. The standard InChI is InChI=1S/C29H33ClN2O2/c1-21-13-15-23(16-14-21)20-32(27(33)19-24-11-8-12-25(30)17-24)26(28(34)31-29(2,3)4)18-22-9-6-5-7-10-22/h5-17,26H,18-20H2,1-4H3,(H,31,34). The number of nitrogens with zero attached hydrogens (tertiary/aromatic N) is 1. The average molecular weight is 477 g/mol. The minimum atomic E-state index is -0.658. The van der Waals surface area contributed by atoms with Crippen molar-refractivity contribution >= 4 is 23.4 Å². The number of halogens is 1.